The number of thioether (sulfide) groups is 1. The van der Waals surface area contributed by atoms with Crippen LogP contribution in [0, 0.1) is 0 Å². The number of rotatable bonds is 6. The van der Waals surface area contributed by atoms with Gasteiger partial charge in [0.25, 0.3) is 21.5 Å². The van der Waals surface area contributed by atoms with E-state index in [1.165, 1.54) is 28.2 Å². The third-order valence-electron chi connectivity index (χ3n) is 0.752. The van der Waals surface area contributed by atoms with E-state index in [9.17, 15) is 0 Å². The molecule has 9 heavy (non-hydrogen) atoms. The van der Waals surface area contributed by atoms with Crippen molar-refractivity contribution in [2.24, 2.45) is 0 Å². The second-order valence-electron chi connectivity index (χ2n) is 1.51. The topological polar surface area (TPSA) is 0 Å². The summed E-state index contributed by atoms with van der Waals surface area (Å²) in [6.45, 7) is 0. The average molecular weight is 199 g/mol. The first kappa shape index (κ1) is 10.1. The van der Waals surface area contributed by atoms with Crippen molar-refractivity contribution in [1.82, 2.24) is 0 Å². The van der Waals surface area contributed by atoms with Crippen LogP contribution in [0.5, 0.6) is 0 Å². The molecule has 0 radical (unpaired) electrons. The Balaban J connectivity index is 2.66. The number of thiol groups is 1. The van der Waals surface area contributed by atoms with E-state index in [1.54, 1.807) is 0 Å². The van der Waals surface area contributed by atoms with Crippen LogP contribution in [-0.2, 0) is 21.5 Å². The van der Waals surface area contributed by atoms with Gasteiger partial charge in [0.05, 0.1) is 0 Å². The molecule has 4 heteroatoms. The Morgan fingerprint density at radius 1 is 1.44 bits per heavy atom. The molecule has 0 aromatic heterocycles. The highest BCUT2D eigenvalue weighted by molar-refractivity contribution is 8.17. The highest BCUT2D eigenvalue weighted by Gasteiger charge is 1.92. The van der Waals surface area contributed by atoms with Crippen LogP contribution in [0.1, 0.15) is 6.42 Å². The largest absolute Gasteiger partial charge is 0.271 e. The molecule has 0 aromatic carbocycles. The lowest BCUT2D eigenvalue weighted by Gasteiger charge is -1.91. The first-order chi connectivity index (χ1) is 4.41. The monoisotopic (exact) mass is 199 g/mol. The highest BCUT2D eigenvalue weighted by atomic mass is 32.8. The fraction of sp³-hybridized carbons (Fsp3) is 1.00. The predicted molar refractivity (Wildman–Crippen MR) is 55.4 cm³/mol. The minimum atomic E-state index is 0.992. The van der Waals surface area contributed by atoms with Crippen molar-refractivity contribution in [3.05, 3.63) is 0 Å². The van der Waals surface area contributed by atoms with E-state index < -0.39 is 0 Å². The van der Waals surface area contributed by atoms with E-state index in [-0.39, 0.29) is 0 Å². The van der Waals surface area contributed by atoms with Crippen molar-refractivity contribution in [3.8, 4) is 0 Å². The fourth-order valence-corrected chi connectivity index (χ4v) is 2.25. The Kier molecular flexibility index (Phi) is 10.3. The summed E-state index contributed by atoms with van der Waals surface area (Å²) in [6.07, 6.45) is 1.24. The summed E-state index contributed by atoms with van der Waals surface area (Å²) in [7, 11) is 1.51. The van der Waals surface area contributed by atoms with E-state index >= 15 is 0 Å². The van der Waals surface area contributed by atoms with Crippen molar-refractivity contribution < 1.29 is 0 Å². The average Bonchev–Trinajstić information content (AvgIpc) is 1.89. The summed E-state index contributed by atoms with van der Waals surface area (Å²) in [5.74, 6) is 4.52. The van der Waals surface area contributed by atoms with Gasteiger partial charge in [-0.2, -0.15) is 24.4 Å². The quantitative estimate of drug-likeness (QED) is 0.392. The molecule has 0 N–H and O–H groups in total. The molecule has 0 fully saturated rings. The van der Waals surface area contributed by atoms with E-state index in [0.29, 0.717) is 0 Å². The molecule has 0 aromatic rings. The number of hydrogen-bond donors (Lipinski definition) is 1. The van der Waals surface area contributed by atoms with Crippen LogP contribution < -0.4 is 0 Å². The van der Waals surface area contributed by atoms with Crippen molar-refractivity contribution in [2.45, 2.75) is 6.42 Å². The lowest BCUT2D eigenvalue weighted by molar-refractivity contribution is 1.13. The standard InChI is InChI=1S/C5H10S4/c6-2-5-8-3-1-4-9-7/h1-5H2/p+1. The van der Waals surface area contributed by atoms with E-state index in [4.69, 9.17) is 11.2 Å². The van der Waals surface area contributed by atoms with Gasteiger partial charge in [0.1, 0.15) is 0 Å². The first-order valence-corrected chi connectivity index (χ1v) is 6.55. The van der Waals surface area contributed by atoms with Gasteiger partial charge in [-0.25, -0.2) is 0 Å². The van der Waals surface area contributed by atoms with Gasteiger partial charge < -0.3 is 0 Å². The van der Waals surface area contributed by atoms with Crippen molar-refractivity contribution in [3.63, 3.8) is 0 Å². The van der Waals surface area contributed by atoms with Crippen LogP contribution in [0.15, 0.2) is 0 Å². The molecule has 0 aliphatic rings. The zero-order valence-corrected chi connectivity index (χ0v) is 8.55. The molecule has 0 bridgehead atoms. The Morgan fingerprint density at radius 2 is 2.22 bits per heavy atom. The van der Waals surface area contributed by atoms with Gasteiger partial charge in [-0.3, -0.25) is 0 Å². The maximum absolute atomic E-state index is 4.72. The third kappa shape index (κ3) is 9.14. The summed E-state index contributed by atoms with van der Waals surface area (Å²) in [5, 5.41) is 0. The normalized spacial score (nSPS) is 9.44. The van der Waals surface area contributed by atoms with Crippen LogP contribution >= 0.6 is 24.4 Å². The zero-order valence-electron chi connectivity index (χ0n) is 5.21. The fourth-order valence-electron chi connectivity index (χ4n) is 0.387. The SMILES string of the molecule is S=[S+]CCCSCCS. The summed E-state index contributed by atoms with van der Waals surface area (Å²) >= 11 is 10.8. The third-order valence-corrected chi connectivity index (χ3v) is 3.30. The molecule has 0 atom stereocenters. The molecule has 0 aliphatic carbocycles. The maximum Gasteiger partial charge on any atom is 0.271 e. The van der Waals surface area contributed by atoms with Gasteiger partial charge in [0, 0.05) is 12.2 Å². The highest BCUT2D eigenvalue weighted by Crippen LogP contribution is 2.01. The molecule has 0 amide bonds. The smallest absolute Gasteiger partial charge is 0.179 e. The molecule has 0 spiro atoms. The summed E-state index contributed by atoms with van der Waals surface area (Å²) in [5.41, 5.74) is 0. The molecule has 0 heterocycles. The van der Waals surface area contributed by atoms with Crippen LogP contribution in [0.2, 0.25) is 0 Å². The second-order valence-corrected chi connectivity index (χ2v) is 4.53. The maximum atomic E-state index is 4.72. The molecular formula is C5H11S4+. The zero-order chi connectivity index (χ0) is 6.95. The van der Waals surface area contributed by atoms with Crippen LogP contribution in [0.25, 0.3) is 0 Å². The number of hydrogen-bond acceptors (Lipinski definition) is 3. The molecule has 0 aliphatic heterocycles. The minimum Gasteiger partial charge on any atom is -0.179 e. The molecule has 0 saturated heterocycles. The van der Waals surface area contributed by atoms with Gasteiger partial charge in [0.2, 0.25) is 0 Å². The van der Waals surface area contributed by atoms with Gasteiger partial charge in [-0.05, 0) is 11.5 Å². The van der Waals surface area contributed by atoms with Crippen molar-refractivity contribution in [1.29, 1.82) is 0 Å². The molecule has 0 nitrogen and oxygen atoms in total. The Bertz CT molecular complexity index is 64.0. The van der Waals surface area contributed by atoms with Crippen LogP contribution in [-0.4, -0.2) is 23.0 Å². The summed E-state index contributed by atoms with van der Waals surface area (Å²) in [4.78, 5) is 0. The lowest BCUT2D eigenvalue weighted by Crippen LogP contribution is -1.87. The predicted octanol–water partition coefficient (Wildman–Crippen LogP) is 1.58. The van der Waals surface area contributed by atoms with Gasteiger partial charge in [0.15, 0.2) is 5.75 Å². The lowest BCUT2D eigenvalue weighted by atomic mass is 10.6. The molecule has 0 saturated carbocycles. The first-order valence-electron chi connectivity index (χ1n) is 2.85. The molecule has 54 valence electrons. The van der Waals surface area contributed by atoms with Gasteiger partial charge in [-0.1, -0.05) is 0 Å². The molecule has 0 rings (SSSR count). The van der Waals surface area contributed by atoms with Gasteiger partial charge >= 0.3 is 0 Å². The minimum absolute atomic E-state index is 0.992. The molecule has 0 unspecified atom stereocenters. The Labute approximate surface area is 75.2 Å². The summed E-state index contributed by atoms with van der Waals surface area (Å²) in [6, 6.07) is 0. The summed E-state index contributed by atoms with van der Waals surface area (Å²) < 4.78 is 0. The Hall–Kier alpha value is 1.14. The van der Waals surface area contributed by atoms with Gasteiger partial charge in [-0.15, -0.1) is 0 Å². The van der Waals surface area contributed by atoms with Crippen LogP contribution in [0.4, 0.5) is 0 Å². The van der Waals surface area contributed by atoms with E-state index in [0.717, 1.165) is 11.5 Å². The Morgan fingerprint density at radius 3 is 2.78 bits per heavy atom. The second kappa shape index (κ2) is 9.14. The van der Waals surface area contributed by atoms with Crippen molar-refractivity contribution in [2.75, 3.05) is 23.0 Å². The molecular weight excluding hydrogens is 188 g/mol. The van der Waals surface area contributed by atoms with Crippen LogP contribution in [0.3, 0.4) is 0 Å². The van der Waals surface area contributed by atoms with E-state index in [2.05, 4.69) is 12.6 Å². The van der Waals surface area contributed by atoms with E-state index in [1.807, 2.05) is 11.8 Å². The van der Waals surface area contributed by atoms with Crippen molar-refractivity contribution >= 4 is 45.9 Å².